The predicted molar refractivity (Wildman–Crippen MR) is 134 cm³/mol. The summed E-state index contributed by atoms with van der Waals surface area (Å²) >= 11 is 0. The number of rotatable bonds is 5. The molecule has 0 amide bonds. The molecule has 2 heterocycles. The fourth-order valence-electron chi connectivity index (χ4n) is 4.65. The molecule has 2 atom stereocenters. The summed E-state index contributed by atoms with van der Waals surface area (Å²) in [6, 6.07) is 31.2. The van der Waals surface area contributed by atoms with Crippen molar-refractivity contribution in [3.63, 3.8) is 0 Å². The first-order valence-electron chi connectivity index (χ1n) is 11.8. The molecule has 5 heteroatoms. The van der Waals surface area contributed by atoms with Crippen molar-refractivity contribution in [2.75, 3.05) is 0 Å². The highest BCUT2D eigenvalue weighted by Gasteiger charge is 2.40. The molecule has 0 aliphatic carbocycles. The highest BCUT2D eigenvalue weighted by Crippen LogP contribution is 2.47. The van der Waals surface area contributed by atoms with E-state index in [0.29, 0.717) is 6.61 Å². The summed E-state index contributed by atoms with van der Waals surface area (Å²) in [6.07, 6.45) is 0.503. The number of hydrogen-bond acceptors (Lipinski definition) is 4. The van der Waals surface area contributed by atoms with Gasteiger partial charge in [0.2, 0.25) is 6.23 Å². The summed E-state index contributed by atoms with van der Waals surface area (Å²) in [4.78, 5) is 0. The molecule has 0 aromatic heterocycles. The van der Waals surface area contributed by atoms with Gasteiger partial charge in [-0.3, -0.25) is 0 Å². The average molecular weight is 465 g/mol. The van der Waals surface area contributed by atoms with Crippen LogP contribution in [0.1, 0.15) is 46.5 Å². The molecule has 0 saturated heterocycles. The number of halogens is 1. The predicted octanol–water partition coefficient (Wildman–Crippen LogP) is 6.96. The van der Waals surface area contributed by atoms with E-state index < -0.39 is 0 Å². The van der Waals surface area contributed by atoms with Crippen LogP contribution in [0, 0.1) is 12.7 Å². The van der Waals surface area contributed by atoms with Gasteiger partial charge in [-0.15, -0.1) is 0 Å². The van der Waals surface area contributed by atoms with E-state index in [9.17, 15) is 4.39 Å². The number of hydrazone groups is 1. The van der Waals surface area contributed by atoms with Gasteiger partial charge in [0.15, 0.2) is 0 Å². The topological polar surface area (TPSA) is 34.1 Å². The Labute approximate surface area is 204 Å². The zero-order valence-electron chi connectivity index (χ0n) is 19.4. The van der Waals surface area contributed by atoms with Gasteiger partial charge in [0, 0.05) is 17.5 Å². The Balaban J connectivity index is 1.26. The lowest BCUT2D eigenvalue weighted by Crippen LogP contribution is -2.33. The highest BCUT2D eigenvalue weighted by molar-refractivity contribution is 6.02. The molecular weight excluding hydrogens is 439 g/mol. The molecule has 0 spiro atoms. The molecule has 2 unspecified atom stereocenters. The second kappa shape index (κ2) is 8.91. The Kier molecular flexibility index (Phi) is 5.45. The highest BCUT2D eigenvalue weighted by atomic mass is 19.1. The molecule has 4 aromatic rings. The lowest BCUT2D eigenvalue weighted by atomic mass is 9.95. The number of ether oxygens (including phenoxy) is 2. The fourth-order valence-corrected chi connectivity index (χ4v) is 4.65. The normalized spacial score (nSPS) is 18.3. The van der Waals surface area contributed by atoms with E-state index in [1.807, 2.05) is 36.4 Å². The van der Waals surface area contributed by atoms with Crippen LogP contribution in [0.15, 0.2) is 102 Å². The summed E-state index contributed by atoms with van der Waals surface area (Å²) in [7, 11) is 0. The number of hydrogen-bond donors (Lipinski definition) is 0. The molecule has 0 saturated carbocycles. The molecular formula is C30H25FN2O2. The smallest absolute Gasteiger partial charge is 0.213 e. The van der Waals surface area contributed by atoms with Crippen LogP contribution in [-0.4, -0.2) is 10.7 Å². The first kappa shape index (κ1) is 21.4. The Morgan fingerprint density at radius 1 is 0.914 bits per heavy atom. The van der Waals surface area contributed by atoms with E-state index in [2.05, 4.69) is 48.3 Å². The second-order valence-corrected chi connectivity index (χ2v) is 9.00. The van der Waals surface area contributed by atoms with Crippen LogP contribution in [0.25, 0.3) is 0 Å². The summed E-state index contributed by atoms with van der Waals surface area (Å²) in [5, 5.41) is 7.12. The van der Waals surface area contributed by atoms with Crippen molar-refractivity contribution in [3.05, 3.63) is 131 Å². The number of benzene rings is 4. The Bertz CT molecular complexity index is 1370. The SMILES string of the molecule is Cc1ccc(C2=NN3C(C2)c2ccccc2OC3c2ccc(OCc3ccc(F)cc3)cc2)cc1. The molecule has 0 radical (unpaired) electrons. The molecule has 0 N–H and O–H groups in total. The van der Waals surface area contributed by atoms with Gasteiger partial charge in [-0.05, 0) is 60.5 Å². The van der Waals surface area contributed by atoms with Crippen molar-refractivity contribution in [2.45, 2.75) is 32.2 Å². The van der Waals surface area contributed by atoms with Crippen molar-refractivity contribution in [3.8, 4) is 11.5 Å². The number of para-hydroxylation sites is 1. The molecule has 4 aromatic carbocycles. The van der Waals surface area contributed by atoms with Gasteiger partial charge in [-0.25, -0.2) is 9.40 Å². The lowest BCUT2D eigenvalue weighted by molar-refractivity contribution is -0.0190. The lowest BCUT2D eigenvalue weighted by Gasteiger charge is -2.38. The van der Waals surface area contributed by atoms with Crippen molar-refractivity contribution in [1.82, 2.24) is 5.01 Å². The Morgan fingerprint density at radius 2 is 1.66 bits per heavy atom. The standard InChI is InChI=1S/C30H25FN2O2/c1-20-6-10-22(11-7-20)27-18-28-26-4-2-3-5-29(26)35-30(33(28)32-27)23-12-16-25(17-13-23)34-19-21-8-14-24(31)15-9-21/h2-17,28,30H,18-19H2,1H3. The molecule has 35 heavy (non-hydrogen) atoms. The minimum Gasteiger partial charge on any atom is -0.489 e. The maximum atomic E-state index is 13.1. The molecule has 2 aliphatic heterocycles. The van der Waals surface area contributed by atoms with E-state index >= 15 is 0 Å². The van der Waals surface area contributed by atoms with E-state index in [-0.39, 0.29) is 18.1 Å². The Morgan fingerprint density at radius 3 is 2.43 bits per heavy atom. The maximum absolute atomic E-state index is 13.1. The fraction of sp³-hybridized carbons (Fsp3) is 0.167. The van der Waals surface area contributed by atoms with Crippen molar-refractivity contribution < 1.29 is 13.9 Å². The zero-order valence-corrected chi connectivity index (χ0v) is 19.4. The van der Waals surface area contributed by atoms with Crippen molar-refractivity contribution >= 4 is 5.71 Å². The van der Waals surface area contributed by atoms with Gasteiger partial charge < -0.3 is 9.47 Å². The maximum Gasteiger partial charge on any atom is 0.213 e. The number of fused-ring (bicyclic) bond motifs is 3. The molecule has 0 bridgehead atoms. The molecule has 4 nitrogen and oxygen atoms in total. The van der Waals surface area contributed by atoms with Crippen LogP contribution in [0.4, 0.5) is 4.39 Å². The third-order valence-corrected chi connectivity index (χ3v) is 6.57. The van der Waals surface area contributed by atoms with E-state index in [1.54, 1.807) is 12.1 Å². The van der Waals surface area contributed by atoms with Crippen LogP contribution in [-0.2, 0) is 6.61 Å². The second-order valence-electron chi connectivity index (χ2n) is 9.00. The van der Waals surface area contributed by atoms with E-state index in [0.717, 1.165) is 45.9 Å². The minimum absolute atomic E-state index is 0.121. The van der Waals surface area contributed by atoms with Gasteiger partial charge in [0.1, 0.15) is 23.9 Å². The van der Waals surface area contributed by atoms with E-state index in [1.165, 1.54) is 17.7 Å². The van der Waals surface area contributed by atoms with Gasteiger partial charge in [-0.1, -0.05) is 60.2 Å². The van der Waals surface area contributed by atoms with Crippen molar-refractivity contribution in [2.24, 2.45) is 5.10 Å². The monoisotopic (exact) mass is 464 g/mol. The van der Waals surface area contributed by atoms with Crippen molar-refractivity contribution in [1.29, 1.82) is 0 Å². The first-order chi connectivity index (χ1) is 17.1. The first-order valence-corrected chi connectivity index (χ1v) is 11.8. The van der Waals surface area contributed by atoms with Crippen LogP contribution in [0.2, 0.25) is 0 Å². The average Bonchev–Trinajstić information content (AvgIpc) is 3.34. The largest absolute Gasteiger partial charge is 0.489 e. The number of nitrogens with zero attached hydrogens (tertiary/aromatic N) is 2. The van der Waals surface area contributed by atoms with E-state index in [4.69, 9.17) is 14.6 Å². The molecule has 2 aliphatic rings. The number of aryl methyl sites for hydroxylation is 1. The third kappa shape index (κ3) is 4.26. The Hall–Kier alpha value is -4.12. The molecule has 174 valence electrons. The van der Waals surface area contributed by atoms with Gasteiger partial charge in [0.25, 0.3) is 0 Å². The van der Waals surface area contributed by atoms with Crippen LogP contribution >= 0.6 is 0 Å². The zero-order chi connectivity index (χ0) is 23.8. The van der Waals surface area contributed by atoms with Gasteiger partial charge in [-0.2, -0.15) is 5.10 Å². The summed E-state index contributed by atoms with van der Waals surface area (Å²) in [5.41, 5.74) is 6.53. The van der Waals surface area contributed by atoms with Gasteiger partial charge in [0.05, 0.1) is 11.8 Å². The third-order valence-electron chi connectivity index (χ3n) is 6.57. The molecule has 0 fully saturated rings. The summed E-state index contributed by atoms with van der Waals surface area (Å²) in [5.74, 6) is 1.40. The minimum atomic E-state index is -0.330. The van der Waals surface area contributed by atoms with Crippen LogP contribution in [0.3, 0.4) is 0 Å². The molecule has 6 rings (SSSR count). The quantitative estimate of drug-likeness (QED) is 0.320. The van der Waals surface area contributed by atoms with Crippen LogP contribution in [0.5, 0.6) is 11.5 Å². The summed E-state index contributed by atoms with van der Waals surface area (Å²) in [6.45, 7) is 2.47. The van der Waals surface area contributed by atoms with Crippen LogP contribution < -0.4 is 9.47 Å². The summed E-state index contributed by atoms with van der Waals surface area (Å²) < 4.78 is 25.5. The van der Waals surface area contributed by atoms with Gasteiger partial charge >= 0.3 is 0 Å².